The summed E-state index contributed by atoms with van der Waals surface area (Å²) in [6.07, 6.45) is 7.61. The first-order valence-corrected chi connectivity index (χ1v) is 7.40. The van der Waals surface area contributed by atoms with Gasteiger partial charge in [-0.2, -0.15) is 0 Å². The molecule has 1 atom stereocenters. The van der Waals surface area contributed by atoms with Gasteiger partial charge < -0.3 is 10.1 Å². The number of rotatable bonds is 4. The molecule has 0 saturated carbocycles. The predicted octanol–water partition coefficient (Wildman–Crippen LogP) is 2.78. The summed E-state index contributed by atoms with van der Waals surface area (Å²) in [7, 11) is 0. The molecule has 0 aliphatic carbocycles. The number of aromatic nitrogens is 2. The number of ether oxygens (including phenoxy) is 1. The second kappa shape index (κ2) is 5.46. The summed E-state index contributed by atoms with van der Waals surface area (Å²) in [5.74, 6) is 1.33. The molecular formula is C16H17FN4O. The fraction of sp³-hybridized carbons (Fsp3) is 0.312. The minimum Gasteiger partial charge on any atom is -0.463 e. The lowest BCUT2D eigenvalue weighted by molar-refractivity contribution is 0.157. The average Bonchev–Trinajstić information content (AvgIpc) is 2.89. The van der Waals surface area contributed by atoms with Gasteiger partial charge in [0.15, 0.2) is 0 Å². The van der Waals surface area contributed by atoms with Crippen molar-refractivity contribution in [3.8, 4) is 17.0 Å². The molecule has 0 radical (unpaired) electrons. The number of anilines is 1. The third kappa shape index (κ3) is 2.35. The van der Waals surface area contributed by atoms with Gasteiger partial charge in [0.05, 0.1) is 5.69 Å². The van der Waals surface area contributed by atoms with Crippen LogP contribution in [0.5, 0.6) is 5.75 Å². The smallest absolute Gasteiger partial charge is 0.228 e. The Morgan fingerprint density at radius 3 is 3.05 bits per heavy atom. The Balaban J connectivity index is 1.59. The molecule has 3 heterocycles. The van der Waals surface area contributed by atoms with Gasteiger partial charge in [-0.3, -0.25) is 9.47 Å². The maximum atomic E-state index is 12.3. The van der Waals surface area contributed by atoms with E-state index in [-0.39, 0.29) is 6.17 Å². The Kier molecular flexibility index (Phi) is 3.31. The van der Waals surface area contributed by atoms with Crippen molar-refractivity contribution >= 4 is 12.1 Å². The lowest BCUT2D eigenvalue weighted by Crippen LogP contribution is -2.49. The highest BCUT2D eigenvalue weighted by atomic mass is 19.1. The Hall–Kier alpha value is -2.34. The van der Waals surface area contributed by atoms with Gasteiger partial charge in [-0.1, -0.05) is 12.1 Å². The highest BCUT2D eigenvalue weighted by Gasteiger charge is 2.25. The molecule has 0 bridgehead atoms. The number of nitrogens with one attached hydrogen (secondary N) is 1. The zero-order valence-electron chi connectivity index (χ0n) is 12.1. The maximum Gasteiger partial charge on any atom is 0.228 e. The minimum absolute atomic E-state index is 0.220. The van der Waals surface area contributed by atoms with Crippen LogP contribution in [0.2, 0.25) is 0 Å². The van der Waals surface area contributed by atoms with E-state index in [4.69, 9.17) is 4.74 Å². The van der Waals surface area contributed by atoms with E-state index in [1.807, 2.05) is 29.1 Å². The van der Waals surface area contributed by atoms with Crippen molar-refractivity contribution in [1.29, 1.82) is 0 Å². The second-order valence-electron chi connectivity index (χ2n) is 5.46. The molecule has 0 spiro atoms. The SMILES string of the molecule is FCOc1cccc(-c2cn3c(n2)NC(N2CCC2)C=C3)c1. The van der Waals surface area contributed by atoms with Gasteiger partial charge in [-0.05, 0) is 24.6 Å². The third-order valence-electron chi connectivity index (χ3n) is 4.07. The summed E-state index contributed by atoms with van der Waals surface area (Å²) < 4.78 is 19.2. The quantitative estimate of drug-likeness (QED) is 0.943. The summed E-state index contributed by atoms with van der Waals surface area (Å²) in [5.41, 5.74) is 1.74. The van der Waals surface area contributed by atoms with Gasteiger partial charge in [0.25, 0.3) is 0 Å². The first-order valence-electron chi connectivity index (χ1n) is 7.40. The van der Waals surface area contributed by atoms with Gasteiger partial charge in [0.1, 0.15) is 11.9 Å². The van der Waals surface area contributed by atoms with Gasteiger partial charge in [-0.25, -0.2) is 9.37 Å². The summed E-state index contributed by atoms with van der Waals surface area (Å²) in [4.78, 5) is 7.00. The predicted molar refractivity (Wildman–Crippen MR) is 83.2 cm³/mol. The highest BCUT2D eigenvalue weighted by molar-refractivity contribution is 5.65. The van der Waals surface area contributed by atoms with Gasteiger partial charge in [0, 0.05) is 31.0 Å². The standard InChI is InChI=1S/C16H17FN4O/c17-11-22-13-4-1-3-12(9-13)14-10-21-8-5-15(19-16(21)18-14)20-6-2-7-20/h1,3-5,8-10,15H,2,6-7,11H2,(H,18,19). The van der Waals surface area contributed by atoms with Crippen molar-refractivity contribution in [2.45, 2.75) is 12.6 Å². The zero-order valence-corrected chi connectivity index (χ0v) is 12.1. The van der Waals surface area contributed by atoms with Crippen LogP contribution in [0.1, 0.15) is 6.42 Å². The minimum atomic E-state index is -0.828. The second-order valence-corrected chi connectivity index (χ2v) is 5.46. The molecule has 22 heavy (non-hydrogen) atoms. The van der Waals surface area contributed by atoms with Crippen molar-refractivity contribution in [3.63, 3.8) is 0 Å². The van der Waals surface area contributed by atoms with Crippen LogP contribution in [0.3, 0.4) is 0 Å². The van der Waals surface area contributed by atoms with E-state index in [0.29, 0.717) is 5.75 Å². The first kappa shape index (κ1) is 13.3. The number of likely N-dealkylation sites (tertiary alicyclic amines) is 1. The van der Waals surface area contributed by atoms with Crippen molar-refractivity contribution in [2.75, 3.05) is 25.3 Å². The Morgan fingerprint density at radius 2 is 2.27 bits per heavy atom. The van der Waals surface area contributed by atoms with Crippen molar-refractivity contribution < 1.29 is 9.13 Å². The van der Waals surface area contributed by atoms with Crippen LogP contribution < -0.4 is 10.1 Å². The van der Waals surface area contributed by atoms with Crippen molar-refractivity contribution in [1.82, 2.24) is 14.5 Å². The number of hydrogen-bond acceptors (Lipinski definition) is 4. The Bertz CT molecular complexity index is 708. The van der Waals surface area contributed by atoms with Gasteiger partial charge in [-0.15, -0.1) is 0 Å². The summed E-state index contributed by atoms with van der Waals surface area (Å²) in [5, 5.41) is 3.43. The fourth-order valence-corrected chi connectivity index (χ4v) is 2.75. The Morgan fingerprint density at radius 1 is 1.36 bits per heavy atom. The van der Waals surface area contributed by atoms with Crippen LogP contribution in [0, 0.1) is 0 Å². The average molecular weight is 300 g/mol. The number of hydrogen-bond donors (Lipinski definition) is 1. The highest BCUT2D eigenvalue weighted by Crippen LogP contribution is 2.27. The number of alkyl halides is 1. The Labute approximate surface area is 128 Å². The van der Waals surface area contributed by atoms with E-state index < -0.39 is 6.86 Å². The monoisotopic (exact) mass is 300 g/mol. The van der Waals surface area contributed by atoms with Crippen LogP contribution in [0.4, 0.5) is 10.3 Å². The molecule has 1 N–H and O–H groups in total. The maximum absolute atomic E-state index is 12.3. The molecule has 0 amide bonds. The van der Waals surface area contributed by atoms with E-state index in [1.54, 1.807) is 12.1 Å². The van der Waals surface area contributed by atoms with Crippen LogP contribution in [-0.2, 0) is 0 Å². The number of halogens is 1. The number of imidazole rings is 1. The van der Waals surface area contributed by atoms with Gasteiger partial charge in [0.2, 0.25) is 12.8 Å². The lowest BCUT2D eigenvalue weighted by Gasteiger charge is -2.38. The van der Waals surface area contributed by atoms with Crippen LogP contribution in [-0.4, -0.2) is 40.6 Å². The van der Waals surface area contributed by atoms with E-state index in [0.717, 1.165) is 30.3 Å². The van der Waals surface area contributed by atoms with Crippen molar-refractivity contribution in [3.05, 3.63) is 36.5 Å². The summed E-state index contributed by atoms with van der Waals surface area (Å²) in [6.45, 7) is 1.42. The normalized spacial score (nSPS) is 20.1. The van der Waals surface area contributed by atoms with E-state index >= 15 is 0 Å². The van der Waals surface area contributed by atoms with Crippen LogP contribution in [0.25, 0.3) is 17.5 Å². The molecule has 114 valence electrons. The van der Waals surface area contributed by atoms with Gasteiger partial charge >= 0.3 is 0 Å². The van der Waals surface area contributed by atoms with Crippen LogP contribution >= 0.6 is 0 Å². The fourth-order valence-electron chi connectivity index (χ4n) is 2.75. The molecule has 1 fully saturated rings. The molecule has 6 heteroatoms. The molecule has 1 aromatic heterocycles. The molecule has 1 aromatic carbocycles. The molecule has 1 saturated heterocycles. The lowest BCUT2D eigenvalue weighted by atomic mass is 10.1. The number of nitrogens with zero attached hydrogens (tertiary/aromatic N) is 3. The summed E-state index contributed by atoms with van der Waals surface area (Å²) >= 11 is 0. The zero-order chi connectivity index (χ0) is 14.9. The molecule has 2 aromatic rings. The van der Waals surface area contributed by atoms with E-state index in [2.05, 4.69) is 21.3 Å². The molecule has 2 aliphatic rings. The topological polar surface area (TPSA) is 42.3 Å². The molecular weight excluding hydrogens is 283 g/mol. The molecule has 4 rings (SSSR count). The van der Waals surface area contributed by atoms with Crippen LogP contribution in [0.15, 0.2) is 36.5 Å². The number of benzene rings is 1. The third-order valence-corrected chi connectivity index (χ3v) is 4.07. The first-order chi connectivity index (χ1) is 10.8. The summed E-state index contributed by atoms with van der Waals surface area (Å²) in [6, 6.07) is 7.31. The van der Waals surface area contributed by atoms with Crippen molar-refractivity contribution in [2.24, 2.45) is 0 Å². The largest absolute Gasteiger partial charge is 0.463 e. The van der Waals surface area contributed by atoms with E-state index in [9.17, 15) is 4.39 Å². The number of fused-ring (bicyclic) bond motifs is 1. The molecule has 5 nitrogen and oxygen atoms in total. The van der Waals surface area contributed by atoms with E-state index in [1.165, 1.54) is 6.42 Å². The molecule has 2 aliphatic heterocycles. The molecule has 1 unspecified atom stereocenters.